The van der Waals surface area contributed by atoms with Crippen molar-refractivity contribution >= 4 is 23.2 Å². The Morgan fingerprint density at radius 2 is 2.39 bits per heavy atom. The molecule has 2 heterocycles. The van der Waals surface area contributed by atoms with E-state index in [9.17, 15) is 14.7 Å². The summed E-state index contributed by atoms with van der Waals surface area (Å²) in [5.74, 6) is -1.38. The number of aliphatic carboxylic acids is 1. The van der Waals surface area contributed by atoms with E-state index in [-0.39, 0.29) is 5.91 Å². The maximum atomic E-state index is 11.9. The topological polar surface area (TPSA) is 70.5 Å². The first-order chi connectivity index (χ1) is 8.54. The number of piperidine rings is 1. The van der Waals surface area contributed by atoms with Crippen LogP contribution >= 0.6 is 11.3 Å². The average Bonchev–Trinajstić information content (AvgIpc) is 2.74. The lowest BCUT2D eigenvalue weighted by Gasteiger charge is -2.37. The number of thiazole rings is 1. The van der Waals surface area contributed by atoms with E-state index in [0.717, 1.165) is 5.01 Å². The number of carboxylic acid groups (broad SMARTS) is 1. The summed E-state index contributed by atoms with van der Waals surface area (Å²) in [6, 6.07) is -0.418. The van der Waals surface area contributed by atoms with Gasteiger partial charge < -0.3 is 10.0 Å². The molecule has 1 aliphatic heterocycles. The van der Waals surface area contributed by atoms with Crippen LogP contribution in [0.4, 0.5) is 0 Å². The lowest BCUT2D eigenvalue weighted by molar-refractivity contribution is -0.152. The number of carbonyl (C=O) groups is 2. The third-order valence-electron chi connectivity index (χ3n) is 3.30. The smallest absolute Gasteiger partial charge is 0.309 e. The van der Waals surface area contributed by atoms with Gasteiger partial charge in [0, 0.05) is 18.3 Å². The van der Waals surface area contributed by atoms with Crippen LogP contribution in [0.5, 0.6) is 0 Å². The van der Waals surface area contributed by atoms with E-state index >= 15 is 0 Å². The van der Waals surface area contributed by atoms with Gasteiger partial charge >= 0.3 is 5.97 Å². The van der Waals surface area contributed by atoms with Gasteiger partial charge in [0.2, 0.25) is 5.91 Å². The fraction of sp³-hybridized carbons (Fsp3) is 0.583. The number of rotatable bonds is 3. The van der Waals surface area contributed by atoms with Crippen LogP contribution in [0.3, 0.4) is 0 Å². The first kappa shape index (κ1) is 13.0. The van der Waals surface area contributed by atoms with Crippen molar-refractivity contribution in [1.82, 2.24) is 9.88 Å². The minimum absolute atomic E-state index is 0.0191. The molecule has 1 fully saturated rings. The Labute approximate surface area is 109 Å². The summed E-state index contributed by atoms with van der Waals surface area (Å²) >= 11 is 1.48. The highest BCUT2D eigenvalue weighted by Gasteiger charge is 2.41. The fourth-order valence-corrected chi connectivity index (χ4v) is 3.11. The van der Waals surface area contributed by atoms with Crippen molar-refractivity contribution in [2.75, 3.05) is 6.54 Å². The van der Waals surface area contributed by atoms with Crippen LogP contribution in [0.1, 0.15) is 36.5 Å². The molecule has 6 heteroatoms. The highest BCUT2D eigenvalue weighted by molar-refractivity contribution is 7.09. The number of carbonyl (C=O) groups excluding carboxylic acids is 1. The third kappa shape index (κ3) is 2.25. The van der Waals surface area contributed by atoms with Gasteiger partial charge in [0.05, 0.1) is 22.7 Å². The van der Waals surface area contributed by atoms with Gasteiger partial charge in [-0.25, -0.2) is 4.98 Å². The van der Waals surface area contributed by atoms with Crippen LogP contribution in [0, 0.1) is 12.8 Å². The number of aryl methyl sites for hydroxylation is 1. The summed E-state index contributed by atoms with van der Waals surface area (Å²) in [5, 5.41) is 12.1. The Hall–Kier alpha value is -1.43. The highest BCUT2D eigenvalue weighted by Crippen LogP contribution is 2.36. The molecular weight excluding hydrogens is 252 g/mol. The van der Waals surface area contributed by atoms with Crippen molar-refractivity contribution in [2.24, 2.45) is 5.92 Å². The van der Waals surface area contributed by atoms with Crippen LogP contribution in [-0.2, 0) is 9.59 Å². The molecule has 0 saturated carbocycles. The molecule has 0 bridgehead atoms. The number of nitrogens with zero attached hydrogens (tertiary/aromatic N) is 2. The number of aromatic nitrogens is 1. The SMILES string of the molecule is CCN1C(=O)CCC(C(=O)O)C1c1csc(C)n1. The summed E-state index contributed by atoms with van der Waals surface area (Å²) in [4.78, 5) is 29.2. The van der Waals surface area contributed by atoms with Crippen molar-refractivity contribution in [3.63, 3.8) is 0 Å². The van der Waals surface area contributed by atoms with Gasteiger partial charge in [-0.1, -0.05) is 0 Å². The largest absolute Gasteiger partial charge is 0.481 e. The predicted octanol–water partition coefficient (Wildman–Crippen LogP) is 1.84. The van der Waals surface area contributed by atoms with E-state index in [0.29, 0.717) is 25.1 Å². The number of carboxylic acids is 1. The predicted molar refractivity (Wildman–Crippen MR) is 67.3 cm³/mol. The molecule has 0 aliphatic carbocycles. The van der Waals surface area contributed by atoms with E-state index in [2.05, 4.69) is 4.98 Å². The van der Waals surface area contributed by atoms with Crippen LogP contribution in [0.15, 0.2) is 5.38 Å². The first-order valence-corrected chi connectivity index (χ1v) is 6.86. The van der Waals surface area contributed by atoms with Gasteiger partial charge in [-0.05, 0) is 20.3 Å². The number of amides is 1. The molecule has 1 amide bonds. The molecule has 1 saturated heterocycles. The second-order valence-corrected chi connectivity index (χ2v) is 5.46. The molecule has 0 spiro atoms. The molecule has 1 aromatic heterocycles. The maximum Gasteiger partial charge on any atom is 0.309 e. The zero-order valence-electron chi connectivity index (χ0n) is 10.4. The van der Waals surface area contributed by atoms with Gasteiger partial charge in [0.15, 0.2) is 0 Å². The third-order valence-corrected chi connectivity index (χ3v) is 4.10. The number of hydrogen-bond acceptors (Lipinski definition) is 4. The van der Waals surface area contributed by atoms with Gasteiger partial charge in [-0.15, -0.1) is 11.3 Å². The van der Waals surface area contributed by atoms with Crippen molar-refractivity contribution in [1.29, 1.82) is 0 Å². The fourth-order valence-electron chi connectivity index (χ4n) is 2.47. The van der Waals surface area contributed by atoms with E-state index < -0.39 is 17.9 Å². The van der Waals surface area contributed by atoms with Crippen molar-refractivity contribution in [2.45, 2.75) is 32.7 Å². The average molecular weight is 268 g/mol. The van der Waals surface area contributed by atoms with Crippen molar-refractivity contribution in [3.8, 4) is 0 Å². The molecule has 0 aromatic carbocycles. The molecule has 98 valence electrons. The minimum atomic E-state index is -0.850. The minimum Gasteiger partial charge on any atom is -0.481 e. The monoisotopic (exact) mass is 268 g/mol. The van der Waals surface area contributed by atoms with E-state index in [1.807, 2.05) is 19.2 Å². The van der Waals surface area contributed by atoms with Gasteiger partial charge in [0.25, 0.3) is 0 Å². The van der Waals surface area contributed by atoms with Crippen molar-refractivity contribution < 1.29 is 14.7 Å². The van der Waals surface area contributed by atoms with Crippen molar-refractivity contribution in [3.05, 3.63) is 16.1 Å². The summed E-state index contributed by atoms with van der Waals surface area (Å²) in [6.07, 6.45) is 0.705. The molecule has 2 atom stereocenters. The highest BCUT2D eigenvalue weighted by atomic mass is 32.1. The first-order valence-electron chi connectivity index (χ1n) is 5.99. The summed E-state index contributed by atoms with van der Waals surface area (Å²) in [6.45, 7) is 4.27. The molecule has 18 heavy (non-hydrogen) atoms. The van der Waals surface area contributed by atoms with Gasteiger partial charge in [-0.3, -0.25) is 9.59 Å². The van der Waals surface area contributed by atoms with Crippen LogP contribution < -0.4 is 0 Å². The number of likely N-dealkylation sites (tertiary alicyclic amines) is 1. The van der Waals surface area contributed by atoms with E-state index in [1.54, 1.807) is 4.90 Å². The zero-order chi connectivity index (χ0) is 13.3. The van der Waals surface area contributed by atoms with Gasteiger partial charge in [-0.2, -0.15) is 0 Å². The molecule has 1 aliphatic rings. The normalized spacial score (nSPS) is 24.3. The number of hydrogen-bond donors (Lipinski definition) is 1. The second kappa shape index (κ2) is 5.06. The Morgan fingerprint density at radius 3 is 2.89 bits per heavy atom. The summed E-state index contributed by atoms with van der Waals surface area (Å²) in [5.41, 5.74) is 0.708. The molecule has 1 N–H and O–H groups in total. The maximum absolute atomic E-state index is 11.9. The molecular formula is C12H16N2O3S. The van der Waals surface area contributed by atoms with Crippen LogP contribution in [0.25, 0.3) is 0 Å². The quantitative estimate of drug-likeness (QED) is 0.908. The lowest BCUT2D eigenvalue weighted by atomic mass is 9.87. The molecule has 5 nitrogen and oxygen atoms in total. The zero-order valence-corrected chi connectivity index (χ0v) is 11.2. The summed E-state index contributed by atoms with van der Waals surface area (Å²) < 4.78 is 0. The molecule has 0 radical (unpaired) electrons. The Kier molecular flexibility index (Phi) is 3.65. The lowest BCUT2D eigenvalue weighted by Crippen LogP contribution is -2.45. The van der Waals surface area contributed by atoms with Crippen LogP contribution in [0.2, 0.25) is 0 Å². The Balaban J connectivity index is 2.39. The Bertz CT molecular complexity index is 470. The molecule has 2 rings (SSSR count). The van der Waals surface area contributed by atoms with Crippen LogP contribution in [-0.4, -0.2) is 33.4 Å². The van der Waals surface area contributed by atoms with E-state index in [1.165, 1.54) is 11.3 Å². The molecule has 2 unspecified atom stereocenters. The summed E-state index contributed by atoms with van der Waals surface area (Å²) in [7, 11) is 0. The molecule has 1 aromatic rings. The van der Waals surface area contributed by atoms with E-state index in [4.69, 9.17) is 0 Å². The second-order valence-electron chi connectivity index (χ2n) is 4.40. The standard InChI is InChI=1S/C12H16N2O3S/c1-3-14-10(15)5-4-8(12(16)17)11(14)9-6-18-7(2)13-9/h6,8,11H,3-5H2,1-2H3,(H,16,17). The van der Waals surface area contributed by atoms with Gasteiger partial charge in [0.1, 0.15) is 0 Å². The Morgan fingerprint density at radius 1 is 1.67 bits per heavy atom.